The molecule has 18 heavy (non-hydrogen) atoms. The Balaban J connectivity index is 5.09. The smallest absolute Gasteiger partial charge is 0.193 e. The third-order valence-electron chi connectivity index (χ3n) is 3.74. The molecule has 0 heterocycles. The summed E-state index contributed by atoms with van der Waals surface area (Å²) in [5, 5.41) is 0. The second kappa shape index (κ2) is 8.28. The van der Waals surface area contributed by atoms with Gasteiger partial charge in [0.1, 0.15) is 0 Å². The number of rotatable bonds is 10. The van der Waals surface area contributed by atoms with Gasteiger partial charge in [0.15, 0.2) is 8.32 Å². The van der Waals surface area contributed by atoms with E-state index in [2.05, 4.69) is 46.6 Å². The topological polar surface area (TPSA) is 9.23 Å². The zero-order valence-corrected chi connectivity index (χ0v) is 13.2. The maximum Gasteiger partial charge on any atom is 0.193 e. The molecule has 0 saturated carbocycles. The first kappa shape index (κ1) is 17.1. The Morgan fingerprint density at radius 3 is 1.83 bits per heavy atom. The van der Waals surface area contributed by atoms with Crippen molar-refractivity contribution in [3.63, 3.8) is 0 Å². The molecule has 0 spiro atoms. The molecule has 0 rings (SSSR count). The molecule has 0 fully saturated rings. The van der Waals surface area contributed by atoms with Gasteiger partial charge in [-0.15, -0.1) is 0 Å². The first-order chi connectivity index (χ1) is 8.57. The van der Waals surface area contributed by atoms with E-state index >= 15 is 0 Å². The van der Waals surface area contributed by atoms with Crippen molar-refractivity contribution >= 4 is 8.32 Å². The third-order valence-corrected chi connectivity index (χ3v) is 8.42. The van der Waals surface area contributed by atoms with E-state index in [9.17, 15) is 0 Å². The molecule has 0 aromatic carbocycles. The van der Waals surface area contributed by atoms with E-state index in [1.54, 1.807) is 6.08 Å². The molecule has 102 valence electrons. The summed E-state index contributed by atoms with van der Waals surface area (Å²) in [6.07, 6.45) is 10.3. The van der Waals surface area contributed by atoms with E-state index in [-0.39, 0.29) is 0 Å². The minimum atomic E-state index is -1.66. The first-order valence-electron chi connectivity index (χ1n) is 6.82. The molecule has 0 radical (unpaired) electrons. The van der Waals surface area contributed by atoms with Gasteiger partial charge in [0, 0.05) is 6.42 Å². The van der Waals surface area contributed by atoms with Gasteiger partial charge < -0.3 is 4.43 Å². The molecule has 0 aromatic rings. The lowest BCUT2D eigenvalue weighted by Crippen LogP contribution is -2.45. The van der Waals surface area contributed by atoms with E-state index in [0.29, 0.717) is 0 Å². The van der Waals surface area contributed by atoms with E-state index in [1.807, 2.05) is 18.2 Å². The van der Waals surface area contributed by atoms with Gasteiger partial charge in [-0.25, -0.2) is 0 Å². The van der Waals surface area contributed by atoms with Crippen LogP contribution in [0.3, 0.4) is 0 Å². The summed E-state index contributed by atoms with van der Waals surface area (Å²) in [6.45, 7) is 18.3. The van der Waals surface area contributed by atoms with Crippen LogP contribution < -0.4 is 0 Å². The van der Waals surface area contributed by atoms with Crippen LogP contribution >= 0.6 is 0 Å². The van der Waals surface area contributed by atoms with E-state index in [0.717, 1.165) is 24.6 Å². The fourth-order valence-corrected chi connectivity index (χ4v) is 5.08. The quantitative estimate of drug-likeness (QED) is 0.297. The molecule has 0 aromatic heterocycles. The summed E-state index contributed by atoms with van der Waals surface area (Å²) < 4.78 is 6.54. The van der Waals surface area contributed by atoms with Crippen LogP contribution in [-0.4, -0.2) is 13.9 Å². The number of hydrogen-bond donors (Lipinski definition) is 0. The summed E-state index contributed by atoms with van der Waals surface area (Å²) in [5.74, 6) is 0. The van der Waals surface area contributed by atoms with Gasteiger partial charge in [-0.2, -0.15) is 0 Å². The van der Waals surface area contributed by atoms with Crippen molar-refractivity contribution in [2.24, 2.45) is 0 Å². The normalized spacial score (nSPS) is 12.6. The standard InChI is InChI=1S/C16H28OSi/c1-7-13-14-15-16(8-2,9-3)17-18(10-4,11-5)12-6/h7-9,13-14H,1-3,10-12,15H2,4-6H3. The summed E-state index contributed by atoms with van der Waals surface area (Å²) in [6, 6.07) is 3.40. The van der Waals surface area contributed by atoms with Crippen molar-refractivity contribution in [3.05, 3.63) is 50.1 Å². The fourth-order valence-electron chi connectivity index (χ4n) is 2.09. The van der Waals surface area contributed by atoms with Crippen LogP contribution in [0, 0.1) is 0 Å². The molecule has 0 aliphatic heterocycles. The molecule has 0 bridgehead atoms. The zero-order valence-electron chi connectivity index (χ0n) is 12.2. The number of hydrogen-bond acceptors (Lipinski definition) is 1. The van der Waals surface area contributed by atoms with Gasteiger partial charge in [0.25, 0.3) is 0 Å². The molecule has 0 atom stereocenters. The van der Waals surface area contributed by atoms with E-state index < -0.39 is 13.9 Å². The van der Waals surface area contributed by atoms with Crippen LogP contribution in [0.25, 0.3) is 0 Å². The summed E-state index contributed by atoms with van der Waals surface area (Å²) in [4.78, 5) is 0. The predicted octanol–water partition coefficient (Wildman–Crippen LogP) is 5.25. The molecule has 0 aliphatic rings. The molecule has 0 N–H and O–H groups in total. The molecule has 0 unspecified atom stereocenters. The van der Waals surface area contributed by atoms with Crippen LogP contribution in [0.4, 0.5) is 0 Å². The van der Waals surface area contributed by atoms with Crippen molar-refractivity contribution in [2.75, 3.05) is 0 Å². The molecule has 1 nitrogen and oxygen atoms in total. The Bertz CT molecular complexity index is 284. The van der Waals surface area contributed by atoms with Crippen molar-refractivity contribution in [2.45, 2.75) is 50.9 Å². The second-order valence-electron chi connectivity index (χ2n) is 4.58. The lowest BCUT2D eigenvalue weighted by atomic mass is 10.0. The molecular weight excluding hydrogens is 236 g/mol. The largest absolute Gasteiger partial charge is 0.404 e. The first-order valence-corrected chi connectivity index (χ1v) is 9.35. The Kier molecular flexibility index (Phi) is 7.88. The Hall–Kier alpha value is -0.863. The van der Waals surface area contributed by atoms with Gasteiger partial charge in [0.2, 0.25) is 0 Å². The predicted molar refractivity (Wildman–Crippen MR) is 85.4 cm³/mol. The van der Waals surface area contributed by atoms with Crippen LogP contribution in [0.15, 0.2) is 50.1 Å². The number of allylic oxidation sites excluding steroid dienone is 2. The minimum absolute atomic E-state index is 0.423. The van der Waals surface area contributed by atoms with Crippen LogP contribution in [0.1, 0.15) is 27.2 Å². The fraction of sp³-hybridized carbons (Fsp3) is 0.500. The maximum absolute atomic E-state index is 6.54. The van der Waals surface area contributed by atoms with Gasteiger partial charge in [-0.3, -0.25) is 0 Å². The van der Waals surface area contributed by atoms with Crippen molar-refractivity contribution in [3.8, 4) is 0 Å². The molecular formula is C16H28OSi. The Labute approximate surface area is 114 Å². The molecule has 0 saturated heterocycles. The van der Waals surface area contributed by atoms with E-state index in [1.165, 1.54) is 0 Å². The SMILES string of the molecule is C=CC=CCC(C=C)(C=C)O[Si](CC)(CC)CC. The summed E-state index contributed by atoms with van der Waals surface area (Å²) in [7, 11) is -1.66. The minimum Gasteiger partial charge on any atom is -0.404 e. The lowest BCUT2D eigenvalue weighted by molar-refractivity contribution is 0.160. The highest BCUT2D eigenvalue weighted by Crippen LogP contribution is 2.31. The third kappa shape index (κ3) is 4.43. The van der Waals surface area contributed by atoms with Crippen LogP contribution in [0.5, 0.6) is 0 Å². The molecule has 0 amide bonds. The molecule has 2 heteroatoms. The molecule has 0 aliphatic carbocycles. The monoisotopic (exact) mass is 264 g/mol. The average Bonchev–Trinajstić information content (AvgIpc) is 2.44. The summed E-state index contributed by atoms with van der Waals surface area (Å²) >= 11 is 0. The van der Waals surface area contributed by atoms with Crippen LogP contribution in [0.2, 0.25) is 18.1 Å². The van der Waals surface area contributed by atoms with Gasteiger partial charge in [-0.05, 0) is 18.1 Å². The Morgan fingerprint density at radius 2 is 1.50 bits per heavy atom. The van der Waals surface area contributed by atoms with Gasteiger partial charge in [-0.1, -0.05) is 70.9 Å². The van der Waals surface area contributed by atoms with E-state index in [4.69, 9.17) is 4.43 Å². The van der Waals surface area contributed by atoms with Gasteiger partial charge in [0.05, 0.1) is 5.60 Å². The van der Waals surface area contributed by atoms with Crippen molar-refractivity contribution in [1.29, 1.82) is 0 Å². The average molecular weight is 264 g/mol. The second-order valence-corrected chi connectivity index (χ2v) is 9.27. The Morgan fingerprint density at radius 1 is 1.00 bits per heavy atom. The highest BCUT2D eigenvalue weighted by molar-refractivity contribution is 6.73. The highest BCUT2D eigenvalue weighted by Gasteiger charge is 2.36. The van der Waals surface area contributed by atoms with Gasteiger partial charge >= 0.3 is 0 Å². The van der Waals surface area contributed by atoms with Crippen LogP contribution in [-0.2, 0) is 4.43 Å². The van der Waals surface area contributed by atoms with Crippen molar-refractivity contribution < 1.29 is 4.43 Å². The maximum atomic E-state index is 6.54. The lowest BCUT2D eigenvalue weighted by Gasteiger charge is -2.38. The zero-order chi connectivity index (χ0) is 14.1. The van der Waals surface area contributed by atoms with Crippen molar-refractivity contribution in [1.82, 2.24) is 0 Å². The highest BCUT2D eigenvalue weighted by atomic mass is 28.4. The summed E-state index contributed by atoms with van der Waals surface area (Å²) in [5.41, 5.74) is -0.423.